The molecule has 5 heteroatoms. The van der Waals surface area contributed by atoms with E-state index in [0.717, 1.165) is 0 Å². The fraction of sp³-hybridized carbons (Fsp3) is 0.400. The van der Waals surface area contributed by atoms with E-state index < -0.39 is 5.88 Å². The normalized spacial score (nSPS) is 10.1. The van der Waals surface area contributed by atoms with Gasteiger partial charge in [-0.25, -0.2) is 0 Å². The molecule has 0 aromatic carbocycles. The van der Waals surface area contributed by atoms with Crippen LogP contribution in [-0.2, 0) is 6.54 Å². The molecular weight excluding hydrogens is 136 g/mol. The van der Waals surface area contributed by atoms with Crippen molar-refractivity contribution in [3.63, 3.8) is 0 Å². The second-order valence-electron chi connectivity index (χ2n) is 1.81. The van der Waals surface area contributed by atoms with Crippen LogP contribution in [0, 0.1) is 0 Å². The van der Waals surface area contributed by atoms with Gasteiger partial charge >= 0.3 is 0 Å². The largest absolute Gasteiger partial charge is 0.491 e. The molecule has 5 nitrogen and oxygen atoms in total. The number of aliphatic hydroxyl groups excluding tert-OH is 1. The highest BCUT2D eigenvalue weighted by Gasteiger charge is 2.05. The summed E-state index contributed by atoms with van der Waals surface area (Å²) in [5.74, 6) is -0.720. The Balaban J connectivity index is 2.83. The zero-order valence-electron chi connectivity index (χ0n) is 5.23. The Morgan fingerprint density at radius 2 is 2.20 bits per heavy atom. The molecule has 0 amide bonds. The van der Waals surface area contributed by atoms with Gasteiger partial charge in [-0.15, -0.1) is 0 Å². The summed E-state index contributed by atoms with van der Waals surface area (Å²) in [7, 11) is 0. The minimum Gasteiger partial charge on any atom is -0.491 e. The van der Waals surface area contributed by atoms with Gasteiger partial charge in [0, 0.05) is 0 Å². The quantitative estimate of drug-likeness (QED) is 0.512. The summed E-state index contributed by atoms with van der Waals surface area (Å²) in [6.45, 7) is 0.142. The monoisotopic (exact) mass is 144 g/mol. The van der Waals surface area contributed by atoms with Gasteiger partial charge in [-0.05, 0) is 0 Å². The first-order valence-electron chi connectivity index (χ1n) is 2.79. The lowest BCUT2D eigenvalue weighted by Crippen LogP contribution is -1.98. The van der Waals surface area contributed by atoms with Crippen molar-refractivity contribution in [1.82, 2.24) is 9.55 Å². The maximum atomic E-state index is 8.91. The van der Waals surface area contributed by atoms with Crippen molar-refractivity contribution in [3.8, 4) is 11.8 Å². The summed E-state index contributed by atoms with van der Waals surface area (Å²) in [6, 6.07) is 0. The van der Waals surface area contributed by atoms with Crippen molar-refractivity contribution in [3.05, 3.63) is 6.33 Å². The first kappa shape index (κ1) is 6.88. The predicted molar refractivity (Wildman–Crippen MR) is 32.6 cm³/mol. The minimum atomic E-state index is -0.409. The fourth-order valence-corrected chi connectivity index (χ4v) is 0.637. The van der Waals surface area contributed by atoms with Crippen molar-refractivity contribution in [2.45, 2.75) is 6.54 Å². The third-order valence-corrected chi connectivity index (χ3v) is 1.13. The van der Waals surface area contributed by atoms with Gasteiger partial charge in [0.2, 0.25) is 0 Å². The van der Waals surface area contributed by atoms with Gasteiger partial charge in [0.15, 0.2) is 0 Å². The molecule has 0 saturated heterocycles. The molecule has 0 unspecified atom stereocenters. The van der Waals surface area contributed by atoms with E-state index in [2.05, 4.69) is 4.98 Å². The zero-order valence-corrected chi connectivity index (χ0v) is 5.23. The molecule has 0 aliphatic carbocycles. The summed E-state index contributed by atoms with van der Waals surface area (Å²) in [6.07, 6.45) is 1.25. The van der Waals surface area contributed by atoms with Crippen LogP contribution in [0.3, 0.4) is 0 Å². The third kappa shape index (κ3) is 1.03. The van der Waals surface area contributed by atoms with Crippen LogP contribution in [0.4, 0.5) is 0 Å². The van der Waals surface area contributed by atoms with Crippen molar-refractivity contribution < 1.29 is 15.3 Å². The van der Waals surface area contributed by atoms with E-state index in [1.54, 1.807) is 0 Å². The summed E-state index contributed by atoms with van der Waals surface area (Å²) in [4.78, 5) is 3.39. The Bertz CT molecular complexity index is 221. The molecule has 0 fully saturated rings. The van der Waals surface area contributed by atoms with Gasteiger partial charge in [-0.1, -0.05) is 0 Å². The van der Waals surface area contributed by atoms with Crippen molar-refractivity contribution in [1.29, 1.82) is 0 Å². The standard InChI is InChI=1S/C5H8N2O3/c8-2-1-7-3-6-4(9)5(7)10/h3,8-10H,1-2H2. The first-order valence-corrected chi connectivity index (χ1v) is 2.79. The Morgan fingerprint density at radius 3 is 2.60 bits per heavy atom. The van der Waals surface area contributed by atoms with Crippen LogP contribution in [0.2, 0.25) is 0 Å². The van der Waals surface area contributed by atoms with Crippen LogP contribution in [-0.4, -0.2) is 31.5 Å². The molecule has 0 aliphatic rings. The second kappa shape index (κ2) is 2.57. The smallest absolute Gasteiger partial charge is 0.274 e. The molecule has 0 radical (unpaired) electrons. The van der Waals surface area contributed by atoms with E-state index >= 15 is 0 Å². The number of aliphatic hydroxyl groups is 1. The summed E-state index contributed by atoms with van der Waals surface area (Å²) < 4.78 is 1.25. The van der Waals surface area contributed by atoms with Crippen LogP contribution < -0.4 is 0 Å². The summed E-state index contributed by atoms with van der Waals surface area (Å²) in [5.41, 5.74) is 0. The van der Waals surface area contributed by atoms with Gasteiger partial charge in [0.25, 0.3) is 11.8 Å². The number of aromatic hydroxyl groups is 2. The highest BCUT2D eigenvalue weighted by molar-refractivity contribution is 5.22. The van der Waals surface area contributed by atoms with Gasteiger partial charge in [-0.2, -0.15) is 4.98 Å². The molecule has 0 saturated carbocycles. The third-order valence-electron chi connectivity index (χ3n) is 1.13. The van der Waals surface area contributed by atoms with Crippen LogP contribution in [0.25, 0.3) is 0 Å². The van der Waals surface area contributed by atoms with E-state index in [1.807, 2.05) is 0 Å². The lowest BCUT2D eigenvalue weighted by Gasteiger charge is -1.97. The van der Waals surface area contributed by atoms with E-state index in [1.165, 1.54) is 10.9 Å². The number of nitrogens with zero attached hydrogens (tertiary/aromatic N) is 2. The number of hydrogen-bond donors (Lipinski definition) is 3. The lowest BCUT2D eigenvalue weighted by molar-refractivity contribution is 0.265. The average Bonchev–Trinajstić information content (AvgIpc) is 2.20. The average molecular weight is 144 g/mol. The van der Waals surface area contributed by atoms with Crippen molar-refractivity contribution in [2.24, 2.45) is 0 Å². The Hall–Kier alpha value is -1.23. The fourth-order valence-electron chi connectivity index (χ4n) is 0.637. The SMILES string of the molecule is OCCn1cnc(O)c1O. The van der Waals surface area contributed by atoms with Crippen LogP contribution in [0.5, 0.6) is 11.8 Å². The molecule has 1 aromatic rings. The number of imidazole rings is 1. The van der Waals surface area contributed by atoms with Gasteiger partial charge < -0.3 is 15.3 Å². The van der Waals surface area contributed by atoms with Crippen molar-refractivity contribution >= 4 is 0 Å². The van der Waals surface area contributed by atoms with E-state index in [0.29, 0.717) is 0 Å². The first-order chi connectivity index (χ1) is 4.75. The molecule has 0 aliphatic heterocycles. The van der Waals surface area contributed by atoms with E-state index in [-0.39, 0.29) is 19.0 Å². The molecule has 0 spiro atoms. The van der Waals surface area contributed by atoms with Crippen LogP contribution in [0.15, 0.2) is 6.33 Å². The van der Waals surface area contributed by atoms with E-state index in [4.69, 9.17) is 15.3 Å². The topological polar surface area (TPSA) is 78.5 Å². The zero-order chi connectivity index (χ0) is 7.56. The molecule has 3 N–H and O–H groups in total. The van der Waals surface area contributed by atoms with E-state index in [9.17, 15) is 0 Å². The van der Waals surface area contributed by atoms with Crippen LogP contribution >= 0.6 is 0 Å². The molecule has 0 bridgehead atoms. The maximum absolute atomic E-state index is 8.91. The highest BCUT2D eigenvalue weighted by Crippen LogP contribution is 2.20. The highest BCUT2D eigenvalue weighted by atomic mass is 16.3. The molecule has 1 rings (SSSR count). The molecule has 1 heterocycles. The molecular formula is C5H8N2O3. The lowest BCUT2D eigenvalue weighted by atomic mass is 10.6. The van der Waals surface area contributed by atoms with Crippen molar-refractivity contribution in [2.75, 3.05) is 6.61 Å². The second-order valence-corrected chi connectivity index (χ2v) is 1.81. The molecule has 0 atom stereocenters. The predicted octanol–water partition coefficient (Wildman–Crippen LogP) is -0.713. The van der Waals surface area contributed by atoms with Gasteiger partial charge in [0.1, 0.15) is 6.33 Å². The summed E-state index contributed by atoms with van der Waals surface area (Å²) in [5, 5.41) is 26.0. The van der Waals surface area contributed by atoms with Gasteiger partial charge in [-0.3, -0.25) is 4.57 Å². The number of hydrogen-bond acceptors (Lipinski definition) is 4. The van der Waals surface area contributed by atoms with Crippen LogP contribution in [0.1, 0.15) is 0 Å². The van der Waals surface area contributed by atoms with Gasteiger partial charge in [0.05, 0.1) is 13.2 Å². The Kier molecular flexibility index (Phi) is 1.77. The minimum absolute atomic E-state index is 0.0939. The maximum Gasteiger partial charge on any atom is 0.274 e. The number of aromatic nitrogens is 2. The summed E-state index contributed by atoms with van der Waals surface area (Å²) >= 11 is 0. The Labute approximate surface area is 57.2 Å². The molecule has 56 valence electrons. The number of rotatable bonds is 2. The Morgan fingerprint density at radius 1 is 1.50 bits per heavy atom. The molecule has 10 heavy (non-hydrogen) atoms. The molecule has 1 aromatic heterocycles.